The molecule has 0 atom stereocenters. The Balaban J connectivity index is 2.37. The van der Waals surface area contributed by atoms with Crippen LogP contribution in [0.5, 0.6) is 5.75 Å². The van der Waals surface area contributed by atoms with Gasteiger partial charge in [0.1, 0.15) is 5.75 Å². The lowest BCUT2D eigenvalue weighted by Crippen LogP contribution is -2.17. The van der Waals surface area contributed by atoms with Crippen molar-refractivity contribution in [3.8, 4) is 5.75 Å². The third-order valence-electron chi connectivity index (χ3n) is 3.05. The largest absolute Gasteiger partial charge is 0.497 e. The summed E-state index contributed by atoms with van der Waals surface area (Å²) in [5, 5.41) is 0.457. The van der Waals surface area contributed by atoms with Crippen molar-refractivity contribution in [3.05, 3.63) is 47.5 Å². The minimum absolute atomic E-state index is 0.151. The zero-order valence-electron chi connectivity index (χ0n) is 12.5. The van der Waals surface area contributed by atoms with E-state index in [0.717, 1.165) is 5.69 Å². The predicted octanol–water partition coefficient (Wildman–Crippen LogP) is 3.22. The number of hydrogen-bond acceptors (Lipinski definition) is 4. The third kappa shape index (κ3) is 3.64. The number of methoxy groups -OCH3 is 1. The molecule has 7 heteroatoms. The van der Waals surface area contributed by atoms with Crippen molar-refractivity contribution in [3.63, 3.8) is 0 Å². The van der Waals surface area contributed by atoms with Crippen molar-refractivity contribution < 1.29 is 13.2 Å². The lowest BCUT2D eigenvalue weighted by molar-refractivity contribution is 0.414. The Kier molecular flexibility index (Phi) is 4.83. The van der Waals surface area contributed by atoms with E-state index in [0.29, 0.717) is 16.5 Å². The van der Waals surface area contributed by atoms with E-state index in [9.17, 15) is 8.42 Å². The molecule has 0 bridgehead atoms. The minimum Gasteiger partial charge on any atom is -0.497 e. The number of rotatable bonds is 5. The fourth-order valence-electron chi connectivity index (χ4n) is 1.94. The fraction of sp³-hybridized carbons (Fsp3) is 0.200. The van der Waals surface area contributed by atoms with E-state index >= 15 is 0 Å². The monoisotopic (exact) mass is 340 g/mol. The summed E-state index contributed by atoms with van der Waals surface area (Å²) in [5.74, 6) is 0.593. The van der Waals surface area contributed by atoms with Crippen LogP contribution in [0.15, 0.2) is 47.4 Å². The molecule has 1 N–H and O–H groups in total. The lowest BCUT2D eigenvalue weighted by atomic mass is 10.2. The summed E-state index contributed by atoms with van der Waals surface area (Å²) in [5.41, 5.74) is 1.15. The van der Waals surface area contributed by atoms with Gasteiger partial charge < -0.3 is 9.64 Å². The second-order valence-corrected chi connectivity index (χ2v) is 6.96. The van der Waals surface area contributed by atoms with E-state index in [2.05, 4.69) is 4.72 Å². The molecule has 0 fully saturated rings. The van der Waals surface area contributed by atoms with E-state index in [4.69, 9.17) is 16.3 Å². The second kappa shape index (κ2) is 6.46. The first-order chi connectivity index (χ1) is 10.3. The Bertz CT molecular complexity index is 759. The Labute approximate surface area is 135 Å². The molecule has 2 aromatic carbocycles. The van der Waals surface area contributed by atoms with Gasteiger partial charge in [-0.2, -0.15) is 0 Å². The molecular weight excluding hydrogens is 324 g/mol. The highest BCUT2D eigenvalue weighted by atomic mass is 35.5. The summed E-state index contributed by atoms with van der Waals surface area (Å²) < 4.78 is 32.5. The van der Waals surface area contributed by atoms with Gasteiger partial charge >= 0.3 is 0 Å². The van der Waals surface area contributed by atoms with E-state index in [1.165, 1.54) is 19.2 Å². The maximum Gasteiger partial charge on any atom is 0.261 e. The first-order valence-electron chi connectivity index (χ1n) is 6.47. The van der Waals surface area contributed by atoms with Crippen molar-refractivity contribution in [2.75, 3.05) is 30.8 Å². The van der Waals surface area contributed by atoms with Crippen LogP contribution in [0.2, 0.25) is 5.02 Å². The molecule has 0 unspecified atom stereocenters. The molecule has 0 aliphatic heterocycles. The molecule has 2 rings (SSSR count). The summed E-state index contributed by atoms with van der Waals surface area (Å²) in [6.07, 6.45) is 0. The van der Waals surface area contributed by atoms with Gasteiger partial charge in [-0.25, -0.2) is 8.42 Å². The van der Waals surface area contributed by atoms with Gasteiger partial charge in [-0.15, -0.1) is 0 Å². The number of ether oxygens (including phenoxy) is 1. The van der Waals surface area contributed by atoms with Crippen molar-refractivity contribution >= 4 is 33.0 Å². The van der Waals surface area contributed by atoms with Gasteiger partial charge in [-0.05, 0) is 42.5 Å². The van der Waals surface area contributed by atoms with Crippen LogP contribution >= 0.6 is 11.6 Å². The third-order valence-corrected chi connectivity index (χ3v) is 4.67. The van der Waals surface area contributed by atoms with Crippen molar-refractivity contribution in [2.24, 2.45) is 0 Å². The van der Waals surface area contributed by atoms with Gasteiger partial charge in [-0.1, -0.05) is 11.6 Å². The number of hydrogen-bond donors (Lipinski definition) is 1. The molecule has 22 heavy (non-hydrogen) atoms. The number of sulfonamides is 1. The number of benzene rings is 2. The second-order valence-electron chi connectivity index (χ2n) is 4.84. The first kappa shape index (κ1) is 16.5. The SMILES string of the molecule is COc1ccc(S(=O)(=O)Nc2cc(Cl)ccc2N(C)C)cc1. The van der Waals surface area contributed by atoms with Crippen LogP contribution in [0.1, 0.15) is 0 Å². The molecule has 0 aromatic heterocycles. The number of anilines is 2. The normalized spacial score (nSPS) is 11.1. The Morgan fingerprint density at radius 3 is 2.27 bits per heavy atom. The van der Waals surface area contributed by atoms with Gasteiger partial charge in [0.05, 0.1) is 23.4 Å². The topological polar surface area (TPSA) is 58.6 Å². The Morgan fingerprint density at radius 2 is 1.73 bits per heavy atom. The smallest absolute Gasteiger partial charge is 0.261 e. The summed E-state index contributed by atoms with van der Waals surface area (Å²) in [6.45, 7) is 0. The molecule has 0 heterocycles. The van der Waals surface area contributed by atoms with Crippen LogP contribution in [0.4, 0.5) is 11.4 Å². The van der Waals surface area contributed by atoms with Crippen molar-refractivity contribution in [1.29, 1.82) is 0 Å². The molecule has 0 spiro atoms. The average Bonchev–Trinajstić information content (AvgIpc) is 2.46. The molecule has 0 aliphatic carbocycles. The van der Waals surface area contributed by atoms with Crippen LogP contribution in [0, 0.1) is 0 Å². The zero-order chi connectivity index (χ0) is 16.3. The maximum absolute atomic E-state index is 12.5. The van der Waals surface area contributed by atoms with Gasteiger partial charge in [0, 0.05) is 19.1 Å². The van der Waals surface area contributed by atoms with Crippen LogP contribution in [-0.4, -0.2) is 29.6 Å². The maximum atomic E-state index is 12.5. The van der Waals surface area contributed by atoms with Crippen LogP contribution < -0.4 is 14.4 Å². The van der Waals surface area contributed by atoms with Gasteiger partial charge in [0.25, 0.3) is 10.0 Å². The van der Waals surface area contributed by atoms with Crippen molar-refractivity contribution in [1.82, 2.24) is 0 Å². The van der Waals surface area contributed by atoms with E-state index < -0.39 is 10.0 Å². The highest BCUT2D eigenvalue weighted by Crippen LogP contribution is 2.30. The highest BCUT2D eigenvalue weighted by molar-refractivity contribution is 7.92. The number of halogens is 1. The minimum atomic E-state index is -3.70. The van der Waals surface area contributed by atoms with Crippen LogP contribution in [0.25, 0.3) is 0 Å². The Morgan fingerprint density at radius 1 is 1.09 bits per heavy atom. The van der Waals surface area contributed by atoms with E-state index in [1.54, 1.807) is 30.3 Å². The summed E-state index contributed by atoms with van der Waals surface area (Å²) in [4.78, 5) is 1.96. The fourth-order valence-corrected chi connectivity index (χ4v) is 3.18. The lowest BCUT2D eigenvalue weighted by Gasteiger charge is -2.19. The molecule has 2 aromatic rings. The molecule has 0 aliphatic rings. The molecule has 5 nitrogen and oxygen atoms in total. The standard InChI is InChI=1S/C15H17ClN2O3S/c1-18(2)15-9-4-11(16)10-14(15)17-22(19,20)13-7-5-12(21-3)6-8-13/h4-10,17H,1-3H3. The predicted molar refractivity (Wildman–Crippen MR) is 89.6 cm³/mol. The first-order valence-corrected chi connectivity index (χ1v) is 8.33. The van der Waals surface area contributed by atoms with Gasteiger partial charge in [0.15, 0.2) is 0 Å². The quantitative estimate of drug-likeness (QED) is 0.908. The zero-order valence-corrected chi connectivity index (χ0v) is 14.1. The Hall–Kier alpha value is -1.92. The summed E-state index contributed by atoms with van der Waals surface area (Å²) in [6, 6.07) is 11.2. The molecule has 0 radical (unpaired) electrons. The molecule has 0 saturated heterocycles. The highest BCUT2D eigenvalue weighted by Gasteiger charge is 2.17. The van der Waals surface area contributed by atoms with Gasteiger partial charge in [0.2, 0.25) is 0 Å². The molecule has 118 valence electrons. The van der Waals surface area contributed by atoms with E-state index in [1.807, 2.05) is 19.0 Å². The average molecular weight is 341 g/mol. The summed E-state index contributed by atoms with van der Waals surface area (Å²) in [7, 11) is 1.48. The van der Waals surface area contributed by atoms with E-state index in [-0.39, 0.29) is 4.90 Å². The molecule has 0 amide bonds. The number of nitrogens with zero attached hydrogens (tertiary/aromatic N) is 1. The number of nitrogens with one attached hydrogen (secondary N) is 1. The van der Waals surface area contributed by atoms with Crippen LogP contribution in [0.3, 0.4) is 0 Å². The molecular formula is C15H17ClN2O3S. The van der Waals surface area contributed by atoms with Crippen LogP contribution in [-0.2, 0) is 10.0 Å². The molecule has 0 saturated carbocycles. The van der Waals surface area contributed by atoms with Gasteiger partial charge in [-0.3, -0.25) is 4.72 Å². The van der Waals surface area contributed by atoms with Crippen molar-refractivity contribution in [2.45, 2.75) is 4.90 Å². The summed E-state index contributed by atoms with van der Waals surface area (Å²) >= 11 is 5.97.